The lowest BCUT2D eigenvalue weighted by molar-refractivity contribution is -0.137. The van der Waals surface area contributed by atoms with E-state index in [1.807, 2.05) is 0 Å². The van der Waals surface area contributed by atoms with Crippen LogP contribution in [0.1, 0.15) is 21.5 Å². The molecule has 0 saturated carbocycles. The normalized spacial score (nSPS) is 12.1. The first-order chi connectivity index (χ1) is 13.5. The van der Waals surface area contributed by atoms with E-state index in [4.69, 9.17) is 0 Å². The van der Waals surface area contributed by atoms with Crippen LogP contribution < -0.4 is 0 Å². The summed E-state index contributed by atoms with van der Waals surface area (Å²) in [4.78, 5) is 15.4. The van der Waals surface area contributed by atoms with E-state index in [0.29, 0.717) is 0 Å². The summed E-state index contributed by atoms with van der Waals surface area (Å²) in [7, 11) is 0. The van der Waals surface area contributed by atoms with Gasteiger partial charge in [0.2, 0.25) is 0 Å². The summed E-state index contributed by atoms with van der Waals surface area (Å²) in [6, 6.07) is 10.5. The van der Waals surface area contributed by atoms with E-state index in [1.54, 1.807) is 0 Å². The topological polar surface area (TPSA) is 50.2 Å². The second-order valence-electron chi connectivity index (χ2n) is 5.98. The van der Waals surface area contributed by atoms with E-state index < -0.39 is 46.3 Å². The van der Waals surface area contributed by atoms with Crippen molar-refractivity contribution in [3.63, 3.8) is 0 Å². The van der Waals surface area contributed by atoms with E-state index in [1.165, 1.54) is 12.1 Å². The molecule has 0 amide bonds. The molecule has 0 atom stereocenters. The lowest BCUT2D eigenvalue weighted by Gasteiger charge is -2.16. The van der Waals surface area contributed by atoms with Gasteiger partial charge in [0, 0.05) is 11.1 Å². The minimum atomic E-state index is -4.81. The number of carboxylic acids is 1. The van der Waals surface area contributed by atoms with Crippen LogP contribution >= 0.6 is 0 Å². The average Bonchev–Trinajstić information content (AvgIpc) is 2.66. The van der Waals surface area contributed by atoms with E-state index in [9.17, 15) is 36.2 Å². The van der Waals surface area contributed by atoms with Crippen LogP contribution in [0.15, 0.2) is 60.7 Å². The second kappa shape index (κ2) is 7.23. The summed E-state index contributed by atoms with van der Waals surface area (Å²) >= 11 is 0. The van der Waals surface area contributed by atoms with Gasteiger partial charge >= 0.3 is 18.3 Å². The molecule has 0 aliphatic carbocycles. The van der Waals surface area contributed by atoms with Gasteiger partial charge < -0.3 is 5.11 Å². The maximum atomic E-state index is 13.4. The molecule has 0 saturated heterocycles. The van der Waals surface area contributed by atoms with Crippen molar-refractivity contribution in [1.82, 2.24) is 4.98 Å². The molecule has 0 aliphatic rings. The van der Waals surface area contributed by atoms with Crippen molar-refractivity contribution in [2.24, 2.45) is 0 Å². The van der Waals surface area contributed by atoms with Gasteiger partial charge in [-0.15, -0.1) is 0 Å². The number of halogens is 6. The number of aromatic nitrogens is 1. The van der Waals surface area contributed by atoms with E-state index in [-0.39, 0.29) is 11.3 Å². The molecule has 0 aliphatic heterocycles. The first kappa shape index (κ1) is 20.4. The van der Waals surface area contributed by atoms with E-state index in [0.717, 1.165) is 48.5 Å². The third-order valence-corrected chi connectivity index (χ3v) is 4.12. The predicted molar refractivity (Wildman–Crippen MR) is 92.1 cm³/mol. The van der Waals surface area contributed by atoms with Crippen LogP contribution in [0, 0.1) is 0 Å². The van der Waals surface area contributed by atoms with Crippen LogP contribution in [0.2, 0.25) is 0 Å². The van der Waals surface area contributed by atoms with Crippen molar-refractivity contribution in [2.45, 2.75) is 12.4 Å². The maximum absolute atomic E-state index is 13.4. The standard InChI is InChI=1S/C20H11F6NO2/c21-19(22,23)14-7-3-1-5-11(14)16-10-9-13(18(28)29)17(27-16)12-6-2-4-8-15(12)20(24,25)26/h1-10H,(H,28,29). The fourth-order valence-corrected chi connectivity index (χ4v) is 2.88. The fraction of sp³-hybridized carbons (Fsp3) is 0.100. The quantitative estimate of drug-likeness (QED) is 0.526. The lowest BCUT2D eigenvalue weighted by atomic mass is 9.97. The number of alkyl halides is 6. The van der Waals surface area contributed by atoms with Crippen molar-refractivity contribution >= 4 is 5.97 Å². The molecule has 9 heteroatoms. The van der Waals surface area contributed by atoms with Crippen molar-refractivity contribution < 1.29 is 36.2 Å². The van der Waals surface area contributed by atoms with Crippen LogP contribution in [0.4, 0.5) is 26.3 Å². The lowest BCUT2D eigenvalue weighted by Crippen LogP contribution is -2.11. The zero-order valence-corrected chi connectivity index (χ0v) is 14.3. The summed E-state index contributed by atoms with van der Waals surface area (Å²) in [5.41, 5.74) is -4.52. The molecule has 1 aromatic heterocycles. The van der Waals surface area contributed by atoms with Gasteiger partial charge in [0.1, 0.15) is 0 Å². The smallest absolute Gasteiger partial charge is 0.417 e. The number of benzene rings is 2. The molecular formula is C20H11F6NO2. The Hall–Kier alpha value is -3.36. The highest BCUT2D eigenvalue weighted by molar-refractivity contribution is 5.96. The first-order valence-corrected chi connectivity index (χ1v) is 8.07. The molecular weight excluding hydrogens is 400 g/mol. The summed E-state index contributed by atoms with van der Waals surface area (Å²) in [6.07, 6.45) is -9.54. The van der Waals surface area contributed by atoms with Gasteiger partial charge in [-0.3, -0.25) is 0 Å². The maximum Gasteiger partial charge on any atom is 0.417 e. The molecule has 0 bridgehead atoms. The minimum Gasteiger partial charge on any atom is -0.478 e. The van der Waals surface area contributed by atoms with Crippen LogP contribution in [0.5, 0.6) is 0 Å². The van der Waals surface area contributed by atoms with Gasteiger partial charge in [-0.25, -0.2) is 9.78 Å². The Morgan fingerprint density at radius 3 is 1.72 bits per heavy atom. The largest absolute Gasteiger partial charge is 0.478 e. The van der Waals surface area contributed by atoms with Crippen LogP contribution in [-0.2, 0) is 12.4 Å². The Labute approximate surface area is 160 Å². The molecule has 3 aromatic rings. The zero-order chi connectivity index (χ0) is 21.4. The van der Waals surface area contributed by atoms with Gasteiger partial charge in [0.25, 0.3) is 0 Å². The highest BCUT2D eigenvalue weighted by Gasteiger charge is 2.36. The molecule has 0 unspecified atom stereocenters. The molecule has 0 fully saturated rings. The van der Waals surface area contributed by atoms with Gasteiger partial charge in [-0.1, -0.05) is 36.4 Å². The van der Waals surface area contributed by atoms with Crippen LogP contribution in [0.25, 0.3) is 22.5 Å². The van der Waals surface area contributed by atoms with Crippen LogP contribution in [0.3, 0.4) is 0 Å². The Kier molecular flexibility index (Phi) is 5.08. The Morgan fingerprint density at radius 2 is 1.21 bits per heavy atom. The van der Waals surface area contributed by atoms with Gasteiger partial charge in [-0.2, -0.15) is 26.3 Å². The molecule has 0 spiro atoms. The van der Waals surface area contributed by atoms with Crippen molar-refractivity contribution in [2.75, 3.05) is 0 Å². The van der Waals surface area contributed by atoms with Gasteiger partial charge in [0.15, 0.2) is 0 Å². The van der Waals surface area contributed by atoms with Crippen LogP contribution in [-0.4, -0.2) is 16.1 Å². The number of carbonyl (C=O) groups is 1. The number of carboxylic acid groups (broad SMARTS) is 1. The van der Waals surface area contributed by atoms with E-state index in [2.05, 4.69) is 4.98 Å². The average molecular weight is 411 g/mol. The number of hydrogen-bond donors (Lipinski definition) is 1. The highest BCUT2D eigenvalue weighted by atomic mass is 19.4. The Bertz CT molecular complexity index is 1070. The summed E-state index contributed by atoms with van der Waals surface area (Å²) in [5, 5.41) is 9.36. The molecule has 3 nitrogen and oxygen atoms in total. The number of rotatable bonds is 3. The molecule has 29 heavy (non-hydrogen) atoms. The Balaban J connectivity index is 2.31. The van der Waals surface area contributed by atoms with Crippen molar-refractivity contribution in [3.8, 4) is 22.5 Å². The van der Waals surface area contributed by atoms with E-state index >= 15 is 0 Å². The highest BCUT2D eigenvalue weighted by Crippen LogP contribution is 2.40. The monoisotopic (exact) mass is 411 g/mol. The first-order valence-electron chi connectivity index (χ1n) is 8.07. The molecule has 0 radical (unpaired) electrons. The number of pyridine rings is 1. The summed E-state index contributed by atoms with van der Waals surface area (Å²) < 4.78 is 80.1. The second-order valence-corrected chi connectivity index (χ2v) is 5.98. The molecule has 3 rings (SSSR count). The number of nitrogens with zero attached hydrogens (tertiary/aromatic N) is 1. The Morgan fingerprint density at radius 1 is 0.724 bits per heavy atom. The number of hydrogen-bond acceptors (Lipinski definition) is 2. The number of aromatic carboxylic acids is 1. The van der Waals surface area contributed by atoms with Gasteiger partial charge in [-0.05, 0) is 24.3 Å². The zero-order valence-electron chi connectivity index (χ0n) is 14.3. The predicted octanol–water partition coefficient (Wildman–Crippen LogP) is 6.15. The van der Waals surface area contributed by atoms with Crippen molar-refractivity contribution in [3.05, 3.63) is 77.4 Å². The molecule has 2 aromatic carbocycles. The minimum absolute atomic E-state index is 0.296. The van der Waals surface area contributed by atoms with Crippen molar-refractivity contribution in [1.29, 1.82) is 0 Å². The molecule has 1 N–H and O–H groups in total. The molecule has 1 heterocycles. The molecule has 150 valence electrons. The fourth-order valence-electron chi connectivity index (χ4n) is 2.88. The van der Waals surface area contributed by atoms with Gasteiger partial charge in [0.05, 0.1) is 28.1 Å². The summed E-state index contributed by atoms with van der Waals surface area (Å²) in [5.74, 6) is -1.56. The SMILES string of the molecule is O=C(O)c1ccc(-c2ccccc2C(F)(F)F)nc1-c1ccccc1C(F)(F)F. The third-order valence-electron chi connectivity index (χ3n) is 4.12. The summed E-state index contributed by atoms with van der Waals surface area (Å²) in [6.45, 7) is 0. The third kappa shape index (κ3) is 4.08.